The second-order valence-electron chi connectivity index (χ2n) is 4.98. The molecule has 0 aromatic carbocycles. The number of hydrogen-bond acceptors (Lipinski definition) is 5. The highest BCUT2D eigenvalue weighted by Gasteiger charge is 2.14. The van der Waals surface area contributed by atoms with Gasteiger partial charge in [-0.25, -0.2) is 9.78 Å². The van der Waals surface area contributed by atoms with Crippen LogP contribution in [0.15, 0.2) is 35.6 Å². The largest absolute Gasteiger partial charge is 0.352 e. The zero-order valence-electron chi connectivity index (χ0n) is 11.3. The lowest BCUT2D eigenvalue weighted by Gasteiger charge is -2.26. The van der Waals surface area contributed by atoms with E-state index in [9.17, 15) is 4.79 Å². The number of anilines is 1. The van der Waals surface area contributed by atoms with Gasteiger partial charge in [-0.3, -0.25) is 9.55 Å². The van der Waals surface area contributed by atoms with Crippen LogP contribution in [-0.4, -0.2) is 32.6 Å². The Morgan fingerprint density at radius 2 is 2.05 bits per heavy atom. The van der Waals surface area contributed by atoms with Crippen LogP contribution in [0.5, 0.6) is 0 Å². The molecule has 0 amide bonds. The summed E-state index contributed by atoms with van der Waals surface area (Å²) in [5, 5.41) is 0. The van der Waals surface area contributed by atoms with Gasteiger partial charge in [0.2, 0.25) is 5.95 Å². The molecule has 6 nitrogen and oxygen atoms in total. The molecule has 1 saturated heterocycles. The quantitative estimate of drug-likeness (QED) is 0.835. The predicted octanol–water partition coefficient (Wildman–Crippen LogP) is 1.07. The summed E-state index contributed by atoms with van der Waals surface area (Å²) in [7, 11) is 0. The summed E-state index contributed by atoms with van der Waals surface area (Å²) in [5.41, 5.74) is 0.702. The summed E-state index contributed by atoms with van der Waals surface area (Å²) in [5.74, 6) is 0.553. The monoisotopic (exact) mass is 271 g/mol. The number of rotatable bonds is 3. The van der Waals surface area contributed by atoms with Gasteiger partial charge >= 0.3 is 5.69 Å². The van der Waals surface area contributed by atoms with Crippen LogP contribution < -0.4 is 10.6 Å². The minimum atomic E-state index is -0.260. The molecular formula is C14H17N5O. The minimum Gasteiger partial charge on any atom is -0.341 e. The molecule has 20 heavy (non-hydrogen) atoms. The summed E-state index contributed by atoms with van der Waals surface area (Å²) in [6.45, 7) is 2.32. The van der Waals surface area contributed by atoms with E-state index in [1.165, 1.54) is 11.0 Å². The standard InChI is InChI=1S/C14H17N5O/c20-14-17-13(18-7-2-1-3-8-18)16-11-19(14)10-12-5-4-6-15-9-12/h4-6,9,11H,1-3,7-8,10H2. The number of piperidine rings is 1. The van der Waals surface area contributed by atoms with Crippen molar-refractivity contribution >= 4 is 5.95 Å². The van der Waals surface area contributed by atoms with Crippen molar-refractivity contribution in [3.63, 3.8) is 0 Å². The fourth-order valence-corrected chi connectivity index (χ4v) is 2.39. The van der Waals surface area contributed by atoms with Crippen LogP contribution in [0.2, 0.25) is 0 Å². The third-order valence-electron chi connectivity index (χ3n) is 3.47. The minimum absolute atomic E-state index is 0.260. The summed E-state index contributed by atoms with van der Waals surface area (Å²) >= 11 is 0. The van der Waals surface area contributed by atoms with Crippen LogP contribution in [0.3, 0.4) is 0 Å². The second-order valence-corrected chi connectivity index (χ2v) is 4.98. The molecule has 0 atom stereocenters. The van der Waals surface area contributed by atoms with E-state index in [1.807, 2.05) is 12.1 Å². The van der Waals surface area contributed by atoms with E-state index in [0.717, 1.165) is 31.5 Å². The van der Waals surface area contributed by atoms with Crippen molar-refractivity contribution in [3.05, 3.63) is 46.9 Å². The first-order chi connectivity index (χ1) is 9.83. The first-order valence-corrected chi connectivity index (χ1v) is 6.90. The number of aromatic nitrogens is 4. The fourth-order valence-electron chi connectivity index (χ4n) is 2.39. The highest BCUT2D eigenvalue weighted by atomic mass is 16.1. The SMILES string of the molecule is O=c1nc(N2CCCCC2)ncn1Cc1cccnc1. The third kappa shape index (κ3) is 2.84. The highest BCUT2D eigenvalue weighted by Crippen LogP contribution is 2.13. The zero-order valence-corrected chi connectivity index (χ0v) is 11.3. The van der Waals surface area contributed by atoms with Crippen molar-refractivity contribution in [1.82, 2.24) is 19.5 Å². The van der Waals surface area contributed by atoms with Gasteiger partial charge in [0, 0.05) is 25.5 Å². The first-order valence-electron chi connectivity index (χ1n) is 6.90. The third-order valence-corrected chi connectivity index (χ3v) is 3.47. The Labute approximate surface area is 117 Å². The highest BCUT2D eigenvalue weighted by molar-refractivity contribution is 5.27. The molecule has 0 aliphatic carbocycles. The van der Waals surface area contributed by atoms with Crippen LogP contribution in [-0.2, 0) is 6.54 Å². The Hall–Kier alpha value is -2.24. The van der Waals surface area contributed by atoms with Crippen molar-refractivity contribution in [2.24, 2.45) is 0 Å². The molecular weight excluding hydrogens is 254 g/mol. The lowest BCUT2D eigenvalue weighted by Crippen LogP contribution is -2.34. The van der Waals surface area contributed by atoms with Gasteiger partial charge < -0.3 is 4.90 Å². The maximum Gasteiger partial charge on any atom is 0.352 e. The van der Waals surface area contributed by atoms with E-state index in [2.05, 4.69) is 19.9 Å². The van der Waals surface area contributed by atoms with E-state index >= 15 is 0 Å². The zero-order chi connectivity index (χ0) is 13.8. The number of nitrogens with zero attached hydrogens (tertiary/aromatic N) is 5. The fraction of sp³-hybridized carbons (Fsp3) is 0.429. The molecule has 2 aromatic heterocycles. The van der Waals surface area contributed by atoms with Crippen LogP contribution in [0.1, 0.15) is 24.8 Å². The van der Waals surface area contributed by atoms with Gasteiger partial charge in [-0.2, -0.15) is 4.98 Å². The van der Waals surface area contributed by atoms with E-state index < -0.39 is 0 Å². The molecule has 1 fully saturated rings. The van der Waals surface area contributed by atoms with Crippen LogP contribution in [0.4, 0.5) is 5.95 Å². The van der Waals surface area contributed by atoms with Crippen molar-refractivity contribution in [2.75, 3.05) is 18.0 Å². The lowest BCUT2D eigenvalue weighted by atomic mass is 10.1. The smallest absolute Gasteiger partial charge is 0.341 e. The van der Waals surface area contributed by atoms with Crippen molar-refractivity contribution in [2.45, 2.75) is 25.8 Å². The lowest BCUT2D eigenvalue weighted by molar-refractivity contribution is 0.561. The van der Waals surface area contributed by atoms with E-state index in [-0.39, 0.29) is 5.69 Å². The number of hydrogen-bond donors (Lipinski definition) is 0. The van der Waals surface area contributed by atoms with Gasteiger partial charge in [0.15, 0.2) is 0 Å². The topological polar surface area (TPSA) is 63.9 Å². The molecule has 0 bridgehead atoms. The Balaban J connectivity index is 1.79. The molecule has 3 heterocycles. The maximum absolute atomic E-state index is 12.1. The van der Waals surface area contributed by atoms with Gasteiger partial charge in [0.05, 0.1) is 6.54 Å². The average molecular weight is 271 g/mol. The Bertz CT molecular complexity index is 619. The Morgan fingerprint density at radius 3 is 2.75 bits per heavy atom. The number of pyridine rings is 1. The van der Waals surface area contributed by atoms with Crippen molar-refractivity contribution < 1.29 is 0 Å². The molecule has 0 unspecified atom stereocenters. The van der Waals surface area contributed by atoms with Crippen LogP contribution >= 0.6 is 0 Å². The van der Waals surface area contributed by atoms with Gasteiger partial charge in [-0.15, -0.1) is 0 Å². The molecule has 104 valence electrons. The Kier molecular flexibility index (Phi) is 3.71. The van der Waals surface area contributed by atoms with Gasteiger partial charge in [0.25, 0.3) is 0 Å². The van der Waals surface area contributed by atoms with E-state index in [0.29, 0.717) is 12.5 Å². The second kappa shape index (κ2) is 5.81. The van der Waals surface area contributed by atoms with E-state index in [4.69, 9.17) is 0 Å². The Morgan fingerprint density at radius 1 is 1.20 bits per heavy atom. The summed E-state index contributed by atoms with van der Waals surface area (Å²) in [6, 6.07) is 3.78. The molecule has 2 aromatic rings. The molecule has 0 radical (unpaired) electrons. The van der Waals surface area contributed by atoms with Crippen molar-refractivity contribution in [1.29, 1.82) is 0 Å². The molecule has 0 spiro atoms. The van der Waals surface area contributed by atoms with Gasteiger partial charge in [-0.05, 0) is 30.9 Å². The predicted molar refractivity (Wildman–Crippen MR) is 75.7 cm³/mol. The molecule has 1 aliphatic heterocycles. The molecule has 6 heteroatoms. The van der Waals surface area contributed by atoms with Crippen LogP contribution in [0.25, 0.3) is 0 Å². The molecule has 1 aliphatic rings. The van der Waals surface area contributed by atoms with Gasteiger partial charge in [0.1, 0.15) is 6.33 Å². The van der Waals surface area contributed by atoms with Crippen LogP contribution in [0, 0.1) is 0 Å². The normalized spacial score (nSPS) is 15.3. The van der Waals surface area contributed by atoms with Gasteiger partial charge in [-0.1, -0.05) is 6.07 Å². The molecule has 0 saturated carbocycles. The molecule has 0 N–H and O–H groups in total. The van der Waals surface area contributed by atoms with Crippen molar-refractivity contribution in [3.8, 4) is 0 Å². The summed E-state index contributed by atoms with van der Waals surface area (Å²) in [6.07, 6.45) is 8.55. The molecule has 3 rings (SSSR count). The first kappa shape index (κ1) is 12.8. The maximum atomic E-state index is 12.1. The average Bonchev–Trinajstić information content (AvgIpc) is 2.51. The van der Waals surface area contributed by atoms with E-state index in [1.54, 1.807) is 18.7 Å². The summed E-state index contributed by atoms with van der Waals surface area (Å²) < 4.78 is 1.50. The summed E-state index contributed by atoms with van der Waals surface area (Å²) in [4.78, 5) is 26.6.